The summed E-state index contributed by atoms with van der Waals surface area (Å²) in [5.74, 6) is 1.01. The Labute approximate surface area is 109 Å². The van der Waals surface area contributed by atoms with Crippen LogP contribution in [0.1, 0.15) is 16.4 Å². The zero-order valence-electron chi connectivity index (χ0n) is 9.75. The predicted molar refractivity (Wildman–Crippen MR) is 77.5 cm³/mol. The Morgan fingerprint density at radius 2 is 1.47 bits per heavy atom. The second kappa shape index (κ2) is 6.56. The van der Waals surface area contributed by atoms with E-state index in [0.717, 1.165) is 5.75 Å². The van der Waals surface area contributed by atoms with Crippen LogP contribution < -0.4 is 0 Å². The summed E-state index contributed by atoms with van der Waals surface area (Å²) in [7, 11) is 5.85. The molecule has 0 aliphatic carbocycles. The minimum absolute atomic E-state index is 0.386. The van der Waals surface area contributed by atoms with E-state index in [1.54, 1.807) is 0 Å². The Bertz CT molecular complexity index is 427. The molecule has 2 rings (SSSR count). The van der Waals surface area contributed by atoms with Crippen LogP contribution in [-0.4, -0.2) is 7.85 Å². The molecular weight excluding hydrogens is 223 g/mol. The van der Waals surface area contributed by atoms with E-state index in [0.29, 0.717) is 11.6 Å². The smallest absolute Gasteiger partial charge is 0.0672 e. The van der Waals surface area contributed by atoms with Crippen molar-refractivity contribution in [2.75, 3.05) is 0 Å². The molecule has 0 nitrogen and oxygen atoms in total. The fraction of sp³-hybridized carbons (Fsp3) is 0.200. The van der Waals surface area contributed by atoms with Gasteiger partial charge in [-0.15, -0.1) is 11.8 Å². The molecule has 2 aromatic carbocycles. The third-order valence-electron chi connectivity index (χ3n) is 2.68. The van der Waals surface area contributed by atoms with Crippen molar-refractivity contribution in [3.63, 3.8) is 0 Å². The molecule has 0 amide bonds. The molecule has 0 bridgehead atoms. The zero-order chi connectivity index (χ0) is 11.9. The van der Waals surface area contributed by atoms with Crippen LogP contribution >= 0.6 is 11.8 Å². The Balaban J connectivity index is 1.97. The van der Waals surface area contributed by atoms with E-state index in [4.69, 9.17) is 7.85 Å². The average molecular weight is 238 g/mol. The first kappa shape index (κ1) is 12.3. The van der Waals surface area contributed by atoms with Gasteiger partial charge in [-0.1, -0.05) is 67.0 Å². The molecule has 2 radical (unpaired) electrons. The molecule has 0 saturated heterocycles. The van der Waals surface area contributed by atoms with Gasteiger partial charge in [0.1, 0.15) is 0 Å². The molecule has 0 N–H and O–H groups in total. The molecule has 1 unspecified atom stereocenters. The number of thioether (sulfide) groups is 1. The molecule has 0 heterocycles. The topological polar surface area (TPSA) is 0 Å². The molecule has 0 saturated carbocycles. The maximum atomic E-state index is 5.85. The highest BCUT2D eigenvalue weighted by Gasteiger charge is 2.08. The molecule has 0 aliphatic heterocycles. The first-order valence-electron chi connectivity index (χ1n) is 5.80. The minimum Gasteiger partial charge on any atom is -0.150 e. The minimum atomic E-state index is 0.386. The lowest BCUT2D eigenvalue weighted by atomic mass is 9.97. The second-order valence-electron chi connectivity index (χ2n) is 3.93. The van der Waals surface area contributed by atoms with E-state index in [-0.39, 0.29) is 0 Å². The quantitative estimate of drug-likeness (QED) is 0.702. The molecule has 0 aliphatic rings. The van der Waals surface area contributed by atoms with Crippen LogP contribution in [0.4, 0.5) is 0 Å². The van der Waals surface area contributed by atoms with E-state index in [1.165, 1.54) is 11.1 Å². The summed E-state index contributed by atoms with van der Waals surface area (Å²) < 4.78 is 0. The Kier molecular flexibility index (Phi) is 4.75. The standard InChI is InChI=1S/C15H15BS/c16-11-15(14-9-5-2-6-10-14)17-12-13-7-3-1-4-8-13/h1-10,15H,11-12H2. The normalized spacial score (nSPS) is 12.2. The largest absolute Gasteiger partial charge is 0.150 e. The highest BCUT2D eigenvalue weighted by atomic mass is 32.2. The van der Waals surface area contributed by atoms with Crippen molar-refractivity contribution in [2.45, 2.75) is 17.3 Å². The van der Waals surface area contributed by atoms with Gasteiger partial charge in [-0.2, -0.15) is 0 Å². The maximum absolute atomic E-state index is 5.85. The molecule has 2 heteroatoms. The lowest BCUT2D eigenvalue weighted by Crippen LogP contribution is -1.94. The lowest BCUT2D eigenvalue weighted by Gasteiger charge is -2.15. The first-order chi connectivity index (χ1) is 8.40. The Morgan fingerprint density at radius 3 is 2.06 bits per heavy atom. The van der Waals surface area contributed by atoms with Crippen molar-refractivity contribution >= 4 is 19.6 Å². The fourth-order valence-corrected chi connectivity index (χ4v) is 2.81. The Morgan fingerprint density at radius 1 is 0.882 bits per heavy atom. The van der Waals surface area contributed by atoms with Crippen LogP contribution in [0.5, 0.6) is 0 Å². The first-order valence-corrected chi connectivity index (χ1v) is 6.85. The number of hydrogen-bond donors (Lipinski definition) is 0. The summed E-state index contributed by atoms with van der Waals surface area (Å²) in [6.07, 6.45) is 0.682. The van der Waals surface area contributed by atoms with Crippen molar-refractivity contribution in [2.24, 2.45) is 0 Å². The van der Waals surface area contributed by atoms with E-state index < -0.39 is 0 Å². The van der Waals surface area contributed by atoms with Gasteiger partial charge >= 0.3 is 0 Å². The number of benzene rings is 2. The monoisotopic (exact) mass is 238 g/mol. The summed E-state index contributed by atoms with van der Waals surface area (Å²) >= 11 is 1.90. The van der Waals surface area contributed by atoms with Crippen LogP contribution in [0.3, 0.4) is 0 Å². The molecule has 17 heavy (non-hydrogen) atoms. The van der Waals surface area contributed by atoms with Gasteiger partial charge in [-0.3, -0.25) is 0 Å². The van der Waals surface area contributed by atoms with Gasteiger partial charge in [0.05, 0.1) is 7.85 Å². The lowest BCUT2D eigenvalue weighted by molar-refractivity contribution is 1.09. The van der Waals surface area contributed by atoms with Crippen molar-refractivity contribution in [1.29, 1.82) is 0 Å². The third kappa shape index (κ3) is 3.67. The molecule has 1 atom stereocenters. The summed E-state index contributed by atoms with van der Waals surface area (Å²) in [6.45, 7) is 0. The molecule has 0 fully saturated rings. The molecule has 2 aromatic rings. The van der Waals surface area contributed by atoms with Gasteiger partial charge in [0.25, 0.3) is 0 Å². The molecule has 0 spiro atoms. The molecule has 84 valence electrons. The van der Waals surface area contributed by atoms with Crippen molar-refractivity contribution in [3.05, 3.63) is 71.8 Å². The van der Waals surface area contributed by atoms with Crippen LogP contribution in [0.15, 0.2) is 60.7 Å². The fourth-order valence-electron chi connectivity index (χ4n) is 1.74. The van der Waals surface area contributed by atoms with Gasteiger partial charge in [-0.05, 0) is 11.1 Å². The van der Waals surface area contributed by atoms with E-state index in [1.807, 2.05) is 23.9 Å². The van der Waals surface area contributed by atoms with Crippen LogP contribution in [0.2, 0.25) is 6.32 Å². The average Bonchev–Trinajstić information content (AvgIpc) is 2.42. The summed E-state index contributed by atoms with van der Waals surface area (Å²) in [6, 6.07) is 21.0. The highest BCUT2D eigenvalue weighted by Crippen LogP contribution is 2.33. The molecule has 0 aromatic heterocycles. The van der Waals surface area contributed by atoms with Crippen molar-refractivity contribution in [1.82, 2.24) is 0 Å². The summed E-state index contributed by atoms with van der Waals surface area (Å²) in [5.41, 5.74) is 2.67. The summed E-state index contributed by atoms with van der Waals surface area (Å²) in [5, 5.41) is 0.386. The Hall–Kier alpha value is -1.15. The predicted octanol–water partition coefficient (Wildman–Crippen LogP) is 4.25. The summed E-state index contributed by atoms with van der Waals surface area (Å²) in [4.78, 5) is 0. The van der Waals surface area contributed by atoms with E-state index in [9.17, 15) is 0 Å². The number of rotatable bonds is 5. The van der Waals surface area contributed by atoms with Gasteiger partial charge in [0, 0.05) is 11.0 Å². The van der Waals surface area contributed by atoms with Crippen molar-refractivity contribution < 1.29 is 0 Å². The van der Waals surface area contributed by atoms with Gasteiger partial charge in [0.15, 0.2) is 0 Å². The van der Waals surface area contributed by atoms with Gasteiger partial charge in [0.2, 0.25) is 0 Å². The highest BCUT2D eigenvalue weighted by molar-refractivity contribution is 7.98. The number of hydrogen-bond acceptors (Lipinski definition) is 1. The van der Waals surface area contributed by atoms with Crippen LogP contribution in [0, 0.1) is 0 Å². The van der Waals surface area contributed by atoms with Gasteiger partial charge in [-0.25, -0.2) is 0 Å². The van der Waals surface area contributed by atoms with Crippen LogP contribution in [0.25, 0.3) is 0 Å². The van der Waals surface area contributed by atoms with Gasteiger partial charge < -0.3 is 0 Å². The molecular formula is C15H15BS. The van der Waals surface area contributed by atoms with E-state index >= 15 is 0 Å². The van der Waals surface area contributed by atoms with E-state index in [2.05, 4.69) is 48.5 Å². The van der Waals surface area contributed by atoms with Crippen LogP contribution in [-0.2, 0) is 5.75 Å². The SMILES string of the molecule is [B]CC(SCc1ccccc1)c1ccccc1. The maximum Gasteiger partial charge on any atom is 0.0672 e. The second-order valence-corrected chi connectivity index (χ2v) is 5.12. The zero-order valence-corrected chi connectivity index (χ0v) is 10.6. The van der Waals surface area contributed by atoms with Crippen molar-refractivity contribution in [3.8, 4) is 0 Å². The third-order valence-corrected chi connectivity index (χ3v) is 4.05.